The van der Waals surface area contributed by atoms with E-state index in [4.69, 9.17) is 16.3 Å². The number of nitrogens with zero attached hydrogens (tertiary/aromatic N) is 1. The molecule has 2 aromatic rings. The number of benzene rings is 2. The molecule has 7 heteroatoms. The average Bonchev–Trinajstić information content (AvgIpc) is 2.92. The van der Waals surface area contributed by atoms with E-state index in [1.165, 1.54) is 12.1 Å². The van der Waals surface area contributed by atoms with Gasteiger partial charge in [0.1, 0.15) is 10.7 Å². The van der Waals surface area contributed by atoms with Gasteiger partial charge in [0.05, 0.1) is 17.9 Å². The number of amides is 2. The highest BCUT2D eigenvalue weighted by atomic mass is 35.5. The van der Waals surface area contributed by atoms with E-state index in [9.17, 15) is 14.4 Å². The minimum absolute atomic E-state index is 0.0346. The molecule has 0 fully saturated rings. The predicted octanol–water partition coefficient (Wildman–Crippen LogP) is 4.42. The van der Waals surface area contributed by atoms with Gasteiger partial charge < -0.3 is 10.1 Å². The molecule has 0 atom stereocenters. The summed E-state index contributed by atoms with van der Waals surface area (Å²) in [6.07, 6.45) is 0. The second-order valence-electron chi connectivity index (χ2n) is 6.77. The van der Waals surface area contributed by atoms with Crippen LogP contribution >= 0.6 is 11.6 Å². The van der Waals surface area contributed by atoms with E-state index in [1.807, 2.05) is 24.3 Å². The minimum atomic E-state index is -0.699. The summed E-state index contributed by atoms with van der Waals surface area (Å²) >= 11 is 6.18. The Bertz CT molecular complexity index is 996. The number of nitrogens with one attached hydrogen (secondary N) is 1. The van der Waals surface area contributed by atoms with Crippen LogP contribution in [0, 0.1) is 0 Å². The SMILES string of the molecule is CCOC(=O)c1ccccc1N1C(=O)C(Cl)=C(Nc2ccc(C(C)C)cc2)C1=O. The average molecular weight is 413 g/mol. The van der Waals surface area contributed by atoms with Crippen molar-refractivity contribution < 1.29 is 19.1 Å². The van der Waals surface area contributed by atoms with Crippen molar-refractivity contribution in [2.75, 3.05) is 16.8 Å². The second kappa shape index (κ2) is 8.49. The van der Waals surface area contributed by atoms with Crippen LogP contribution in [0.3, 0.4) is 0 Å². The normalized spacial score (nSPS) is 14.0. The molecule has 0 unspecified atom stereocenters. The lowest BCUT2D eigenvalue weighted by Gasteiger charge is -2.18. The van der Waals surface area contributed by atoms with E-state index >= 15 is 0 Å². The molecule has 150 valence electrons. The van der Waals surface area contributed by atoms with Gasteiger partial charge in [0.25, 0.3) is 11.8 Å². The van der Waals surface area contributed by atoms with Gasteiger partial charge in [0.2, 0.25) is 0 Å². The first-order valence-electron chi connectivity index (χ1n) is 9.26. The molecule has 1 aliphatic heterocycles. The quantitative estimate of drug-likeness (QED) is 0.561. The fraction of sp³-hybridized carbons (Fsp3) is 0.227. The molecule has 0 spiro atoms. The number of imide groups is 1. The van der Waals surface area contributed by atoms with E-state index in [0.717, 1.165) is 10.5 Å². The number of carbonyl (C=O) groups excluding carboxylic acids is 3. The Morgan fingerprint density at radius 1 is 1.07 bits per heavy atom. The van der Waals surface area contributed by atoms with Crippen LogP contribution in [0.1, 0.15) is 42.6 Å². The highest BCUT2D eigenvalue weighted by Gasteiger charge is 2.40. The largest absolute Gasteiger partial charge is 0.462 e. The van der Waals surface area contributed by atoms with Crippen LogP contribution in [0.4, 0.5) is 11.4 Å². The molecule has 0 radical (unpaired) electrons. The summed E-state index contributed by atoms with van der Waals surface area (Å²) in [6.45, 7) is 6.02. The standard InChI is InChI=1S/C22H21ClN2O4/c1-4-29-22(28)16-7-5-6-8-17(16)25-20(26)18(23)19(21(25)27)24-15-11-9-14(10-12-15)13(2)3/h5-13,24H,4H2,1-3H3. The first-order valence-corrected chi connectivity index (χ1v) is 9.64. The van der Waals surface area contributed by atoms with Crippen molar-refractivity contribution >= 4 is 40.8 Å². The van der Waals surface area contributed by atoms with Crippen LogP contribution in [0.15, 0.2) is 59.3 Å². The molecule has 0 saturated heterocycles. The summed E-state index contributed by atoms with van der Waals surface area (Å²) in [5.41, 5.74) is 1.99. The van der Waals surface area contributed by atoms with Gasteiger partial charge >= 0.3 is 5.97 Å². The zero-order chi connectivity index (χ0) is 21.1. The van der Waals surface area contributed by atoms with E-state index in [-0.39, 0.29) is 28.6 Å². The van der Waals surface area contributed by atoms with Gasteiger partial charge in [-0.25, -0.2) is 9.69 Å². The third-order valence-corrected chi connectivity index (χ3v) is 4.86. The third-order valence-electron chi connectivity index (χ3n) is 4.51. The first-order chi connectivity index (χ1) is 13.8. The Morgan fingerprint density at radius 3 is 2.34 bits per heavy atom. The Labute approximate surface area is 174 Å². The molecule has 6 nitrogen and oxygen atoms in total. The van der Waals surface area contributed by atoms with Crippen molar-refractivity contribution in [2.45, 2.75) is 26.7 Å². The molecule has 1 N–H and O–H groups in total. The summed E-state index contributed by atoms with van der Waals surface area (Å²) in [5.74, 6) is -1.58. The van der Waals surface area contributed by atoms with Gasteiger partial charge in [-0.15, -0.1) is 0 Å². The Morgan fingerprint density at radius 2 is 1.72 bits per heavy atom. The van der Waals surface area contributed by atoms with Crippen LogP contribution in [-0.4, -0.2) is 24.4 Å². The molecule has 0 aliphatic carbocycles. The Hall–Kier alpha value is -3.12. The number of ether oxygens (including phenoxy) is 1. The van der Waals surface area contributed by atoms with Crippen molar-refractivity contribution in [3.8, 4) is 0 Å². The maximum atomic E-state index is 13.0. The predicted molar refractivity (Wildman–Crippen MR) is 112 cm³/mol. The van der Waals surface area contributed by atoms with Crippen LogP contribution in [0.2, 0.25) is 0 Å². The lowest BCUT2D eigenvalue weighted by molar-refractivity contribution is -0.120. The fourth-order valence-corrected chi connectivity index (χ4v) is 3.19. The van der Waals surface area contributed by atoms with Crippen molar-refractivity contribution in [1.82, 2.24) is 0 Å². The van der Waals surface area contributed by atoms with Gasteiger partial charge in [-0.05, 0) is 42.7 Å². The molecule has 0 saturated carbocycles. The van der Waals surface area contributed by atoms with E-state index < -0.39 is 17.8 Å². The number of rotatable bonds is 6. The molecule has 3 rings (SSSR count). The van der Waals surface area contributed by atoms with Gasteiger partial charge in [0.15, 0.2) is 0 Å². The van der Waals surface area contributed by atoms with E-state index in [1.54, 1.807) is 19.1 Å². The lowest BCUT2D eigenvalue weighted by Crippen LogP contribution is -2.33. The Balaban J connectivity index is 1.90. The summed E-state index contributed by atoms with van der Waals surface area (Å²) in [4.78, 5) is 38.8. The molecular formula is C22H21ClN2O4. The van der Waals surface area contributed by atoms with Crippen LogP contribution in [-0.2, 0) is 14.3 Å². The molecule has 2 aromatic carbocycles. The zero-order valence-corrected chi connectivity index (χ0v) is 17.1. The van der Waals surface area contributed by atoms with E-state index in [0.29, 0.717) is 11.6 Å². The summed E-state index contributed by atoms with van der Waals surface area (Å²) < 4.78 is 5.03. The maximum absolute atomic E-state index is 13.0. The molecule has 29 heavy (non-hydrogen) atoms. The molecule has 1 heterocycles. The number of carbonyl (C=O) groups is 3. The number of hydrogen-bond acceptors (Lipinski definition) is 5. The van der Waals surface area contributed by atoms with Gasteiger partial charge in [0, 0.05) is 5.69 Å². The topological polar surface area (TPSA) is 75.7 Å². The zero-order valence-electron chi connectivity index (χ0n) is 16.4. The monoisotopic (exact) mass is 412 g/mol. The van der Waals surface area contributed by atoms with Gasteiger partial charge in [-0.3, -0.25) is 9.59 Å². The summed E-state index contributed by atoms with van der Waals surface area (Å²) in [5, 5.41) is 2.70. The number of hydrogen-bond donors (Lipinski definition) is 1. The number of anilines is 2. The summed E-state index contributed by atoms with van der Waals surface area (Å²) in [7, 11) is 0. The molecule has 0 bridgehead atoms. The maximum Gasteiger partial charge on any atom is 0.340 e. The van der Waals surface area contributed by atoms with Crippen molar-refractivity contribution in [2.24, 2.45) is 0 Å². The number of esters is 1. The van der Waals surface area contributed by atoms with Gasteiger partial charge in [-0.2, -0.15) is 0 Å². The van der Waals surface area contributed by atoms with Gasteiger partial charge in [-0.1, -0.05) is 49.7 Å². The van der Waals surface area contributed by atoms with Crippen LogP contribution in [0.25, 0.3) is 0 Å². The van der Waals surface area contributed by atoms with E-state index in [2.05, 4.69) is 19.2 Å². The lowest BCUT2D eigenvalue weighted by atomic mass is 10.0. The minimum Gasteiger partial charge on any atom is -0.462 e. The Kier molecular flexibility index (Phi) is 6.03. The van der Waals surface area contributed by atoms with Crippen molar-refractivity contribution in [3.63, 3.8) is 0 Å². The highest BCUT2D eigenvalue weighted by molar-refractivity contribution is 6.53. The highest BCUT2D eigenvalue weighted by Crippen LogP contribution is 2.32. The summed E-state index contributed by atoms with van der Waals surface area (Å²) in [6, 6.07) is 13.8. The number of halogens is 1. The van der Waals surface area contributed by atoms with Crippen LogP contribution < -0.4 is 10.2 Å². The van der Waals surface area contributed by atoms with Crippen molar-refractivity contribution in [3.05, 3.63) is 70.4 Å². The first kappa shape index (κ1) is 20.6. The smallest absolute Gasteiger partial charge is 0.340 e. The van der Waals surface area contributed by atoms with Crippen LogP contribution in [0.5, 0.6) is 0 Å². The molecule has 1 aliphatic rings. The second-order valence-corrected chi connectivity index (χ2v) is 7.15. The molecule has 0 aromatic heterocycles. The third kappa shape index (κ3) is 4.03. The number of para-hydroxylation sites is 1. The fourth-order valence-electron chi connectivity index (χ4n) is 2.98. The molecule has 2 amide bonds. The molecular weight excluding hydrogens is 392 g/mol. The van der Waals surface area contributed by atoms with Crippen molar-refractivity contribution in [1.29, 1.82) is 0 Å².